The fraction of sp³-hybridized carbons (Fsp3) is 0.400. The lowest BCUT2D eigenvalue weighted by Crippen LogP contribution is -2.00. The van der Waals surface area contributed by atoms with Gasteiger partial charge >= 0.3 is 0 Å². The van der Waals surface area contributed by atoms with E-state index in [2.05, 4.69) is 15.9 Å². The van der Waals surface area contributed by atoms with Gasteiger partial charge in [0.05, 0.1) is 16.0 Å². The summed E-state index contributed by atoms with van der Waals surface area (Å²) in [6.45, 7) is 0.736. The molecule has 1 aromatic rings. The molecule has 5 heteroatoms. The van der Waals surface area contributed by atoms with Gasteiger partial charge in [-0.2, -0.15) is 0 Å². The molecule has 1 aliphatic carbocycles. The van der Waals surface area contributed by atoms with Crippen LogP contribution in [0.4, 0.5) is 0 Å². The molecule has 82 valence electrons. The smallest absolute Gasteiger partial charge is 0.186 e. The molecule has 1 aliphatic rings. The van der Waals surface area contributed by atoms with Crippen LogP contribution in [0.1, 0.15) is 12.8 Å². The van der Waals surface area contributed by atoms with Crippen molar-refractivity contribution in [3.05, 3.63) is 22.7 Å². The van der Waals surface area contributed by atoms with Crippen LogP contribution in [0, 0.1) is 5.92 Å². The van der Waals surface area contributed by atoms with Crippen LogP contribution in [0.25, 0.3) is 0 Å². The number of ether oxygens (including phenoxy) is 1. The zero-order chi connectivity index (χ0) is 10.8. The summed E-state index contributed by atoms with van der Waals surface area (Å²) in [6.07, 6.45) is 2.49. The van der Waals surface area contributed by atoms with E-state index >= 15 is 0 Å². The van der Waals surface area contributed by atoms with Gasteiger partial charge in [-0.1, -0.05) is 0 Å². The molecule has 3 nitrogen and oxygen atoms in total. The van der Waals surface area contributed by atoms with E-state index in [1.54, 1.807) is 18.2 Å². The van der Waals surface area contributed by atoms with Crippen molar-refractivity contribution in [2.75, 3.05) is 6.61 Å². The van der Waals surface area contributed by atoms with Gasteiger partial charge in [0.15, 0.2) is 11.1 Å². The molecule has 1 N–H and O–H groups in total. The highest BCUT2D eigenvalue weighted by Gasteiger charge is 2.22. The molecule has 15 heavy (non-hydrogen) atoms. The van der Waals surface area contributed by atoms with Crippen LogP contribution in [0.3, 0.4) is 0 Å². The summed E-state index contributed by atoms with van der Waals surface area (Å²) >= 11 is 1.38. The third-order valence-corrected chi connectivity index (χ3v) is 3.55. The monoisotopic (exact) mass is 290 g/mol. The first-order valence-corrected chi connectivity index (χ1v) is 6.60. The van der Waals surface area contributed by atoms with Crippen LogP contribution in [-0.4, -0.2) is 15.4 Å². The standard InChI is InChI=1S/C10H11BrO3S/c11-9-5-8(15(12)13)3-4-10(9)14-6-7-1-2-7/h3-5,7H,1-2,6H2,(H,12,13). The number of halogens is 1. The van der Waals surface area contributed by atoms with Gasteiger partial charge in [-0.25, -0.2) is 4.21 Å². The molecule has 1 fully saturated rings. The molecular weight excluding hydrogens is 280 g/mol. The van der Waals surface area contributed by atoms with E-state index in [9.17, 15) is 4.21 Å². The Hall–Kier alpha value is -0.390. The van der Waals surface area contributed by atoms with Gasteiger partial charge in [0.2, 0.25) is 0 Å². The van der Waals surface area contributed by atoms with Gasteiger partial charge in [0.25, 0.3) is 0 Å². The van der Waals surface area contributed by atoms with Gasteiger partial charge in [0.1, 0.15) is 5.75 Å². The Balaban J connectivity index is 2.07. The molecule has 0 saturated heterocycles. The maximum absolute atomic E-state index is 10.8. The molecule has 1 aromatic carbocycles. The largest absolute Gasteiger partial charge is 0.492 e. The van der Waals surface area contributed by atoms with E-state index in [-0.39, 0.29) is 0 Å². The van der Waals surface area contributed by atoms with Crippen molar-refractivity contribution < 1.29 is 13.5 Å². The summed E-state index contributed by atoms with van der Waals surface area (Å²) in [5.41, 5.74) is 0. The topological polar surface area (TPSA) is 46.5 Å². The van der Waals surface area contributed by atoms with E-state index in [0.29, 0.717) is 10.8 Å². The summed E-state index contributed by atoms with van der Waals surface area (Å²) in [5.74, 6) is 1.43. The summed E-state index contributed by atoms with van der Waals surface area (Å²) in [4.78, 5) is 0.376. The minimum atomic E-state index is -1.93. The molecule has 2 rings (SSSR count). The van der Waals surface area contributed by atoms with E-state index < -0.39 is 11.1 Å². The van der Waals surface area contributed by atoms with Crippen molar-refractivity contribution in [3.8, 4) is 5.75 Å². The number of benzene rings is 1. The average Bonchev–Trinajstić information content (AvgIpc) is 2.99. The maximum Gasteiger partial charge on any atom is 0.186 e. The second-order valence-electron chi connectivity index (χ2n) is 3.60. The maximum atomic E-state index is 10.8. The summed E-state index contributed by atoms with van der Waals surface area (Å²) in [7, 11) is 0. The Morgan fingerprint density at radius 1 is 1.53 bits per heavy atom. The number of rotatable bonds is 4. The fourth-order valence-corrected chi connectivity index (χ4v) is 2.25. The molecule has 0 spiro atoms. The Kier molecular flexibility index (Phi) is 3.43. The first kappa shape index (κ1) is 11.1. The Bertz CT molecular complexity index is 390. The third-order valence-electron chi connectivity index (χ3n) is 2.28. The van der Waals surface area contributed by atoms with Gasteiger partial charge in [0, 0.05) is 0 Å². The lowest BCUT2D eigenvalue weighted by atomic mass is 10.3. The highest BCUT2D eigenvalue weighted by molar-refractivity contribution is 9.10. The van der Waals surface area contributed by atoms with Gasteiger partial charge in [-0.05, 0) is 52.9 Å². The van der Waals surface area contributed by atoms with Crippen molar-refractivity contribution in [1.82, 2.24) is 0 Å². The van der Waals surface area contributed by atoms with Crippen LogP contribution in [0.15, 0.2) is 27.6 Å². The zero-order valence-electron chi connectivity index (χ0n) is 7.98. The third kappa shape index (κ3) is 3.03. The summed E-state index contributed by atoms with van der Waals surface area (Å²) in [5, 5.41) is 0. The molecule has 1 saturated carbocycles. The molecule has 0 radical (unpaired) electrons. The first-order chi connectivity index (χ1) is 7.16. The normalized spacial score (nSPS) is 17.5. The van der Waals surface area contributed by atoms with Crippen molar-refractivity contribution in [2.45, 2.75) is 17.7 Å². The minimum absolute atomic E-state index is 0.376. The Morgan fingerprint density at radius 3 is 2.80 bits per heavy atom. The van der Waals surface area contributed by atoms with Crippen LogP contribution in [-0.2, 0) is 11.1 Å². The predicted octanol–water partition coefficient (Wildman–Crippen LogP) is 2.82. The quantitative estimate of drug-likeness (QED) is 0.868. The van der Waals surface area contributed by atoms with E-state index in [0.717, 1.165) is 16.8 Å². The van der Waals surface area contributed by atoms with E-state index in [4.69, 9.17) is 9.29 Å². The van der Waals surface area contributed by atoms with E-state index in [1.807, 2.05) is 0 Å². The van der Waals surface area contributed by atoms with Crippen LogP contribution >= 0.6 is 15.9 Å². The molecule has 0 bridgehead atoms. The molecule has 0 aromatic heterocycles. The van der Waals surface area contributed by atoms with Crippen molar-refractivity contribution >= 4 is 27.0 Å². The van der Waals surface area contributed by atoms with Crippen molar-refractivity contribution in [2.24, 2.45) is 5.92 Å². The fourth-order valence-electron chi connectivity index (χ4n) is 1.20. The highest BCUT2D eigenvalue weighted by atomic mass is 79.9. The molecular formula is C10H11BrO3S. The van der Waals surface area contributed by atoms with Gasteiger partial charge < -0.3 is 9.29 Å². The molecule has 0 aliphatic heterocycles. The minimum Gasteiger partial charge on any atom is -0.492 e. The molecule has 1 unspecified atom stereocenters. The molecule has 0 heterocycles. The van der Waals surface area contributed by atoms with E-state index in [1.165, 1.54) is 12.8 Å². The highest BCUT2D eigenvalue weighted by Crippen LogP contribution is 2.32. The lowest BCUT2D eigenvalue weighted by Gasteiger charge is -2.07. The summed E-state index contributed by atoms with van der Waals surface area (Å²) < 4.78 is 26.0. The predicted molar refractivity (Wildman–Crippen MR) is 61.4 cm³/mol. The summed E-state index contributed by atoms with van der Waals surface area (Å²) in [6, 6.07) is 4.93. The Labute approximate surface area is 99.2 Å². The van der Waals surface area contributed by atoms with Crippen molar-refractivity contribution in [1.29, 1.82) is 0 Å². The number of hydrogen-bond donors (Lipinski definition) is 1. The van der Waals surface area contributed by atoms with Crippen molar-refractivity contribution in [3.63, 3.8) is 0 Å². The van der Waals surface area contributed by atoms with Gasteiger partial charge in [-0.3, -0.25) is 0 Å². The second kappa shape index (κ2) is 4.63. The number of hydrogen-bond acceptors (Lipinski definition) is 2. The van der Waals surface area contributed by atoms with Crippen LogP contribution < -0.4 is 4.74 Å². The molecule has 0 amide bonds. The zero-order valence-corrected chi connectivity index (χ0v) is 10.4. The Morgan fingerprint density at radius 2 is 2.27 bits per heavy atom. The molecule has 1 atom stereocenters. The van der Waals surface area contributed by atoms with Gasteiger partial charge in [-0.15, -0.1) is 0 Å². The average molecular weight is 291 g/mol. The second-order valence-corrected chi connectivity index (χ2v) is 5.42. The SMILES string of the molecule is O=S(O)c1ccc(OCC2CC2)c(Br)c1. The van der Waals surface area contributed by atoms with Crippen LogP contribution in [0.2, 0.25) is 0 Å². The van der Waals surface area contributed by atoms with Crippen LogP contribution in [0.5, 0.6) is 5.75 Å². The lowest BCUT2D eigenvalue weighted by molar-refractivity contribution is 0.298. The first-order valence-electron chi connectivity index (χ1n) is 4.70.